The summed E-state index contributed by atoms with van der Waals surface area (Å²) in [5, 5.41) is 9.03. The summed E-state index contributed by atoms with van der Waals surface area (Å²) in [6.07, 6.45) is 4.98. The number of allylic oxidation sites excluding steroid dienone is 3. The first-order valence-electron chi connectivity index (χ1n) is 13.6. The summed E-state index contributed by atoms with van der Waals surface area (Å²) < 4.78 is 12.9. The molecular formula is C35H48FN3. The molecule has 0 bridgehead atoms. The van der Waals surface area contributed by atoms with Crippen LogP contribution in [0.15, 0.2) is 90.1 Å². The van der Waals surface area contributed by atoms with E-state index >= 15 is 0 Å². The molecule has 3 aromatic rings. The van der Waals surface area contributed by atoms with E-state index in [9.17, 15) is 4.39 Å². The van der Waals surface area contributed by atoms with Crippen LogP contribution >= 0.6 is 0 Å². The van der Waals surface area contributed by atoms with E-state index in [1.807, 2.05) is 45.6 Å². The number of halogens is 1. The summed E-state index contributed by atoms with van der Waals surface area (Å²) in [7, 11) is 5.68. The monoisotopic (exact) mass is 529 g/mol. The van der Waals surface area contributed by atoms with Crippen molar-refractivity contribution in [3.63, 3.8) is 0 Å². The second-order valence-electron chi connectivity index (χ2n) is 10.1. The maximum absolute atomic E-state index is 12.9. The Morgan fingerprint density at radius 1 is 0.974 bits per heavy atom. The molecule has 3 aromatic carbocycles. The molecule has 0 radical (unpaired) electrons. The van der Waals surface area contributed by atoms with E-state index in [1.165, 1.54) is 27.8 Å². The number of aryl methyl sites for hydroxylation is 3. The molecule has 3 nitrogen and oxygen atoms in total. The minimum Gasteiger partial charge on any atom is -0.316 e. The lowest BCUT2D eigenvalue weighted by Gasteiger charge is -2.15. The van der Waals surface area contributed by atoms with E-state index in [2.05, 4.69) is 94.1 Å². The Bertz CT molecular complexity index is 1210. The van der Waals surface area contributed by atoms with Crippen molar-refractivity contribution in [2.24, 2.45) is 11.0 Å². The summed E-state index contributed by atoms with van der Waals surface area (Å²) in [6.45, 7) is 17.4. The zero-order chi connectivity index (χ0) is 29.4. The van der Waals surface area contributed by atoms with Gasteiger partial charge in [0.2, 0.25) is 0 Å². The van der Waals surface area contributed by atoms with Crippen molar-refractivity contribution in [2.75, 3.05) is 21.1 Å². The van der Waals surface area contributed by atoms with Gasteiger partial charge in [-0.05, 0) is 91.2 Å². The largest absolute Gasteiger partial charge is 0.316 e. The third kappa shape index (κ3) is 12.3. The first kappa shape index (κ1) is 33.5. The molecule has 3 rings (SSSR count). The Balaban J connectivity index is 0.000000332. The number of hydrogen-bond acceptors (Lipinski definition) is 3. The van der Waals surface area contributed by atoms with Crippen LogP contribution in [0.1, 0.15) is 61.1 Å². The van der Waals surface area contributed by atoms with Gasteiger partial charge in [0, 0.05) is 20.6 Å². The maximum atomic E-state index is 12.9. The van der Waals surface area contributed by atoms with Crippen molar-refractivity contribution in [3.8, 4) is 0 Å². The van der Waals surface area contributed by atoms with Gasteiger partial charge in [0.05, 0.1) is 6.21 Å². The molecule has 0 aliphatic carbocycles. The molecule has 0 aliphatic heterocycles. The highest BCUT2D eigenvalue weighted by Crippen LogP contribution is 2.27. The van der Waals surface area contributed by atoms with E-state index < -0.39 is 0 Å². The Kier molecular flexibility index (Phi) is 15.4. The first-order chi connectivity index (χ1) is 18.5. The predicted molar refractivity (Wildman–Crippen MR) is 170 cm³/mol. The van der Waals surface area contributed by atoms with Crippen molar-refractivity contribution < 1.29 is 4.39 Å². The summed E-state index contributed by atoms with van der Waals surface area (Å²) in [6, 6.07) is 22.2. The molecule has 0 aromatic heterocycles. The molecule has 39 heavy (non-hydrogen) atoms. The summed E-state index contributed by atoms with van der Waals surface area (Å²) in [4.78, 5) is 0. The van der Waals surface area contributed by atoms with Crippen LogP contribution in [-0.2, 0) is 13.0 Å². The van der Waals surface area contributed by atoms with Crippen molar-refractivity contribution in [1.82, 2.24) is 10.3 Å². The predicted octanol–water partition coefficient (Wildman–Crippen LogP) is 8.61. The van der Waals surface area contributed by atoms with Crippen LogP contribution in [-0.4, -0.2) is 32.4 Å². The van der Waals surface area contributed by atoms with Gasteiger partial charge in [-0.2, -0.15) is 5.10 Å². The van der Waals surface area contributed by atoms with Crippen LogP contribution in [0.4, 0.5) is 4.39 Å². The molecule has 0 amide bonds. The van der Waals surface area contributed by atoms with Gasteiger partial charge in [0.25, 0.3) is 0 Å². The normalized spacial score (nSPS) is 11.3. The molecule has 0 saturated heterocycles. The highest BCUT2D eigenvalue weighted by Gasteiger charge is 2.08. The lowest BCUT2D eigenvalue weighted by atomic mass is 9.91. The topological polar surface area (TPSA) is 27.6 Å². The van der Waals surface area contributed by atoms with Gasteiger partial charge >= 0.3 is 0 Å². The van der Waals surface area contributed by atoms with Gasteiger partial charge in [-0.3, -0.25) is 0 Å². The van der Waals surface area contributed by atoms with Gasteiger partial charge < -0.3 is 10.3 Å². The molecule has 0 fully saturated rings. The fourth-order valence-electron chi connectivity index (χ4n) is 3.71. The Labute approximate surface area is 237 Å². The number of hydrazone groups is 1. The smallest absolute Gasteiger partial charge is 0.126 e. The van der Waals surface area contributed by atoms with Crippen molar-refractivity contribution in [1.29, 1.82) is 0 Å². The minimum atomic E-state index is -0.127. The molecular weight excluding hydrogens is 481 g/mol. The van der Waals surface area contributed by atoms with E-state index in [-0.39, 0.29) is 5.82 Å². The molecule has 0 heterocycles. The highest BCUT2D eigenvalue weighted by atomic mass is 19.1. The third-order valence-electron chi connectivity index (χ3n) is 6.34. The number of nitrogens with zero attached hydrogens (tertiary/aromatic N) is 2. The Hall–Kier alpha value is -3.50. The molecule has 4 heteroatoms. The van der Waals surface area contributed by atoms with Gasteiger partial charge in [0.1, 0.15) is 5.82 Å². The Morgan fingerprint density at radius 3 is 2.10 bits per heavy atom. The fourth-order valence-corrected chi connectivity index (χ4v) is 3.71. The second-order valence-corrected chi connectivity index (χ2v) is 10.1. The van der Waals surface area contributed by atoms with Gasteiger partial charge in [-0.15, -0.1) is 0 Å². The van der Waals surface area contributed by atoms with Crippen LogP contribution in [0.25, 0.3) is 5.57 Å². The average Bonchev–Trinajstić information content (AvgIpc) is 2.92. The quantitative estimate of drug-likeness (QED) is 0.180. The van der Waals surface area contributed by atoms with Crippen LogP contribution in [0.5, 0.6) is 0 Å². The number of benzene rings is 3. The van der Waals surface area contributed by atoms with E-state index in [0.717, 1.165) is 24.1 Å². The standard InChI is InChI=1S/C18H26N2.C9H12FN.C8H10/c1-8-17(15(5)13(2)3)18-10-9-16(11-14(18)4)12-19-20(6)7;1-7-3-4-8(6-11-2)5-9(7)10;1-2-8-6-4-3-5-7-8/h8-13H,1H2,2-7H3;3-5,11H,6H2,1-2H3;3-7H,2H2,1H3/b17-15+,19-12+;;. The van der Waals surface area contributed by atoms with Gasteiger partial charge in [-0.1, -0.05) is 93.6 Å². The van der Waals surface area contributed by atoms with Crippen molar-refractivity contribution in [3.05, 3.63) is 124 Å². The van der Waals surface area contributed by atoms with E-state index in [1.54, 1.807) is 24.1 Å². The second kappa shape index (κ2) is 17.9. The fraction of sp³-hybridized carbons (Fsp3) is 0.343. The van der Waals surface area contributed by atoms with Crippen LogP contribution in [0.3, 0.4) is 0 Å². The zero-order valence-corrected chi connectivity index (χ0v) is 25.5. The molecule has 0 spiro atoms. The number of rotatable bonds is 8. The lowest BCUT2D eigenvalue weighted by Crippen LogP contribution is -2.05. The molecule has 210 valence electrons. The molecule has 0 unspecified atom stereocenters. The maximum Gasteiger partial charge on any atom is 0.126 e. The first-order valence-corrected chi connectivity index (χ1v) is 13.6. The lowest BCUT2D eigenvalue weighted by molar-refractivity contribution is 0.440. The van der Waals surface area contributed by atoms with Crippen LogP contribution < -0.4 is 5.32 Å². The van der Waals surface area contributed by atoms with Crippen molar-refractivity contribution >= 4 is 11.8 Å². The highest BCUT2D eigenvalue weighted by molar-refractivity contribution is 5.83. The number of nitrogens with one attached hydrogen (secondary N) is 1. The molecule has 0 atom stereocenters. The Morgan fingerprint density at radius 2 is 1.64 bits per heavy atom. The van der Waals surface area contributed by atoms with E-state index in [4.69, 9.17) is 0 Å². The van der Waals surface area contributed by atoms with Gasteiger partial charge in [-0.25, -0.2) is 4.39 Å². The van der Waals surface area contributed by atoms with Crippen molar-refractivity contribution in [2.45, 2.75) is 54.5 Å². The summed E-state index contributed by atoms with van der Waals surface area (Å²) in [5.41, 5.74) is 9.33. The number of hydrogen-bond donors (Lipinski definition) is 1. The van der Waals surface area contributed by atoms with Crippen LogP contribution in [0, 0.1) is 25.6 Å². The summed E-state index contributed by atoms with van der Waals surface area (Å²) in [5.74, 6) is 0.398. The summed E-state index contributed by atoms with van der Waals surface area (Å²) >= 11 is 0. The molecule has 1 N–H and O–H groups in total. The van der Waals surface area contributed by atoms with Crippen LogP contribution in [0.2, 0.25) is 0 Å². The average molecular weight is 530 g/mol. The van der Waals surface area contributed by atoms with E-state index in [0.29, 0.717) is 11.5 Å². The van der Waals surface area contributed by atoms with Gasteiger partial charge in [0.15, 0.2) is 0 Å². The molecule has 0 aliphatic rings. The third-order valence-corrected chi connectivity index (χ3v) is 6.34. The molecule has 0 saturated carbocycles. The zero-order valence-electron chi connectivity index (χ0n) is 25.5. The minimum absolute atomic E-state index is 0.127. The SMILES string of the molecule is C=C/C(=C(/C)C(C)C)c1ccc(/C=N/N(C)C)cc1C.CCc1ccccc1.CNCc1ccc(C)c(F)c1.